The largest absolute Gasteiger partial charge is 0.348 e. The van der Waals surface area contributed by atoms with Crippen molar-refractivity contribution in [3.8, 4) is 0 Å². The van der Waals surface area contributed by atoms with Gasteiger partial charge in [0.05, 0.1) is 4.90 Å². The molecule has 0 radical (unpaired) electrons. The van der Waals surface area contributed by atoms with Crippen molar-refractivity contribution in [2.24, 2.45) is 0 Å². The minimum absolute atomic E-state index is 0.194. The van der Waals surface area contributed by atoms with Crippen molar-refractivity contribution in [1.29, 1.82) is 0 Å². The van der Waals surface area contributed by atoms with Crippen LogP contribution in [-0.4, -0.2) is 74.7 Å². The number of hydrogen-bond donors (Lipinski definition) is 1. The summed E-state index contributed by atoms with van der Waals surface area (Å²) in [7, 11) is -1.43. The number of amides is 1. The number of piperazine rings is 1. The molecule has 4 rings (SSSR count). The third-order valence-corrected chi connectivity index (χ3v) is 8.75. The lowest BCUT2D eigenvalue weighted by molar-refractivity contribution is 0.0950. The summed E-state index contributed by atoms with van der Waals surface area (Å²) in [5.41, 5.74) is 3.45. The van der Waals surface area contributed by atoms with Crippen LogP contribution in [0.3, 0.4) is 0 Å². The van der Waals surface area contributed by atoms with Gasteiger partial charge in [0.15, 0.2) is 0 Å². The predicted octanol–water partition coefficient (Wildman–Crippen LogP) is 2.85. The molecular weight excluding hydrogens is 448 g/mol. The third kappa shape index (κ3) is 6.05. The van der Waals surface area contributed by atoms with Crippen LogP contribution in [0.4, 0.5) is 0 Å². The first-order chi connectivity index (χ1) is 16.3. The molecule has 2 fully saturated rings. The first-order valence-corrected chi connectivity index (χ1v) is 13.6. The molecule has 2 heterocycles. The van der Waals surface area contributed by atoms with E-state index in [-0.39, 0.29) is 10.8 Å². The quantitative estimate of drug-likeness (QED) is 0.654. The van der Waals surface area contributed by atoms with Crippen molar-refractivity contribution in [1.82, 2.24) is 19.4 Å². The maximum atomic E-state index is 13.1. The van der Waals surface area contributed by atoms with Gasteiger partial charge in [-0.1, -0.05) is 36.8 Å². The highest BCUT2D eigenvalue weighted by Gasteiger charge is 2.27. The topological polar surface area (TPSA) is 73.0 Å². The fourth-order valence-corrected chi connectivity index (χ4v) is 6.18. The molecule has 2 aliphatic rings. The standard InChI is InChI=1S/C26H36N4O3S/c1-21-9-10-24(34(32,33)30-11-4-3-5-12-30)18-25(21)26(31)27-19-22-7-6-8-23(17-22)20-29-15-13-28(2)14-16-29/h6-10,17-18H,3-5,11-16,19-20H2,1-2H3,(H,27,31). The summed E-state index contributed by atoms with van der Waals surface area (Å²) in [4.78, 5) is 18.0. The van der Waals surface area contributed by atoms with Gasteiger partial charge in [-0.05, 0) is 55.6 Å². The second-order valence-electron chi connectivity index (χ2n) is 9.52. The zero-order valence-electron chi connectivity index (χ0n) is 20.3. The fraction of sp³-hybridized carbons (Fsp3) is 0.500. The molecule has 0 atom stereocenters. The Bertz CT molecular complexity index is 1100. The number of carbonyl (C=O) groups is 1. The van der Waals surface area contributed by atoms with E-state index in [1.54, 1.807) is 12.1 Å². The maximum Gasteiger partial charge on any atom is 0.251 e. The number of hydrogen-bond acceptors (Lipinski definition) is 5. The minimum atomic E-state index is -3.58. The van der Waals surface area contributed by atoms with E-state index in [9.17, 15) is 13.2 Å². The summed E-state index contributed by atoms with van der Waals surface area (Å²) >= 11 is 0. The Morgan fingerprint density at radius 3 is 2.35 bits per heavy atom. The number of benzene rings is 2. The van der Waals surface area contributed by atoms with E-state index in [4.69, 9.17) is 0 Å². The Kier molecular flexibility index (Phi) is 8.03. The summed E-state index contributed by atoms with van der Waals surface area (Å²) in [5, 5.41) is 2.98. The highest BCUT2D eigenvalue weighted by molar-refractivity contribution is 7.89. The number of likely N-dealkylation sites (N-methyl/N-ethyl adjacent to an activating group) is 1. The molecule has 0 bridgehead atoms. The normalized spacial score (nSPS) is 18.6. The van der Waals surface area contributed by atoms with Gasteiger partial charge in [-0.25, -0.2) is 8.42 Å². The van der Waals surface area contributed by atoms with Crippen molar-refractivity contribution in [2.45, 2.75) is 44.2 Å². The maximum absolute atomic E-state index is 13.1. The van der Waals surface area contributed by atoms with Crippen LogP contribution in [-0.2, 0) is 23.1 Å². The molecule has 184 valence electrons. The van der Waals surface area contributed by atoms with Crippen LogP contribution in [0.15, 0.2) is 47.4 Å². The molecule has 0 aromatic heterocycles. The molecule has 2 saturated heterocycles. The van der Waals surface area contributed by atoms with Crippen molar-refractivity contribution in [3.05, 3.63) is 64.7 Å². The van der Waals surface area contributed by atoms with Crippen LogP contribution in [0.1, 0.15) is 46.3 Å². The van der Waals surface area contributed by atoms with Gasteiger partial charge in [-0.3, -0.25) is 9.69 Å². The molecule has 2 aromatic rings. The molecule has 2 aliphatic heterocycles. The summed E-state index contributed by atoms with van der Waals surface area (Å²) in [6, 6.07) is 13.2. The van der Waals surface area contributed by atoms with Gasteiger partial charge in [-0.2, -0.15) is 4.31 Å². The van der Waals surface area contributed by atoms with Crippen molar-refractivity contribution in [3.63, 3.8) is 0 Å². The SMILES string of the molecule is Cc1ccc(S(=O)(=O)N2CCCCC2)cc1C(=O)NCc1cccc(CN2CCN(C)CC2)c1. The second kappa shape index (κ2) is 11.0. The van der Waals surface area contributed by atoms with Gasteiger partial charge < -0.3 is 10.2 Å². The van der Waals surface area contributed by atoms with E-state index in [0.29, 0.717) is 25.2 Å². The van der Waals surface area contributed by atoms with Gasteiger partial charge in [-0.15, -0.1) is 0 Å². The molecule has 34 heavy (non-hydrogen) atoms. The number of nitrogens with one attached hydrogen (secondary N) is 1. The minimum Gasteiger partial charge on any atom is -0.348 e. The average Bonchev–Trinajstić information content (AvgIpc) is 2.85. The Labute approximate surface area is 203 Å². The van der Waals surface area contributed by atoms with Gasteiger partial charge in [0, 0.05) is 57.9 Å². The molecule has 0 unspecified atom stereocenters. The summed E-state index contributed by atoms with van der Waals surface area (Å²) in [6.07, 6.45) is 2.82. The molecule has 8 heteroatoms. The van der Waals surface area contributed by atoms with Crippen molar-refractivity contribution >= 4 is 15.9 Å². The molecular formula is C26H36N4O3S. The van der Waals surface area contributed by atoms with Crippen LogP contribution in [0.5, 0.6) is 0 Å². The van der Waals surface area contributed by atoms with Gasteiger partial charge >= 0.3 is 0 Å². The lowest BCUT2D eigenvalue weighted by Gasteiger charge is -2.32. The van der Waals surface area contributed by atoms with Gasteiger partial charge in [0.1, 0.15) is 0 Å². The molecule has 0 saturated carbocycles. The smallest absolute Gasteiger partial charge is 0.251 e. The van der Waals surface area contributed by atoms with E-state index in [1.165, 1.54) is 15.9 Å². The number of sulfonamides is 1. The van der Waals surface area contributed by atoms with E-state index in [1.807, 2.05) is 19.1 Å². The molecule has 1 N–H and O–H groups in total. The van der Waals surface area contributed by atoms with Crippen LogP contribution >= 0.6 is 0 Å². The zero-order valence-corrected chi connectivity index (χ0v) is 21.1. The van der Waals surface area contributed by atoms with Crippen molar-refractivity contribution in [2.75, 3.05) is 46.3 Å². The van der Waals surface area contributed by atoms with Crippen molar-refractivity contribution < 1.29 is 13.2 Å². The first-order valence-electron chi connectivity index (χ1n) is 12.2. The number of rotatable bonds is 7. The zero-order chi connectivity index (χ0) is 24.1. The van der Waals surface area contributed by atoms with Gasteiger partial charge in [0.2, 0.25) is 10.0 Å². The highest BCUT2D eigenvalue weighted by Crippen LogP contribution is 2.23. The number of piperidine rings is 1. The molecule has 7 nitrogen and oxygen atoms in total. The summed E-state index contributed by atoms with van der Waals surface area (Å²) in [6.45, 7) is 8.53. The predicted molar refractivity (Wildman–Crippen MR) is 134 cm³/mol. The first kappa shape index (κ1) is 24.9. The Morgan fingerprint density at radius 1 is 0.912 bits per heavy atom. The number of carbonyl (C=O) groups excluding carboxylic acids is 1. The number of aryl methyl sites for hydroxylation is 1. The molecule has 1 amide bonds. The summed E-state index contributed by atoms with van der Waals surface area (Å²) < 4.78 is 27.7. The Morgan fingerprint density at radius 2 is 1.62 bits per heavy atom. The molecule has 2 aromatic carbocycles. The van der Waals surface area contributed by atoms with E-state index < -0.39 is 10.0 Å². The van der Waals surface area contributed by atoms with E-state index >= 15 is 0 Å². The summed E-state index contributed by atoms with van der Waals surface area (Å²) in [5.74, 6) is -0.252. The fourth-order valence-electron chi connectivity index (χ4n) is 4.64. The van der Waals surface area contributed by atoms with E-state index in [2.05, 4.69) is 34.3 Å². The van der Waals surface area contributed by atoms with Crippen LogP contribution in [0.2, 0.25) is 0 Å². The molecule has 0 aliphatic carbocycles. The highest BCUT2D eigenvalue weighted by atomic mass is 32.2. The van der Waals surface area contributed by atoms with E-state index in [0.717, 1.165) is 63.1 Å². The lowest BCUT2D eigenvalue weighted by atomic mass is 10.1. The van der Waals surface area contributed by atoms with Gasteiger partial charge in [0.25, 0.3) is 5.91 Å². The average molecular weight is 485 g/mol. The second-order valence-corrected chi connectivity index (χ2v) is 11.5. The Hall–Kier alpha value is -2.26. The molecule has 0 spiro atoms. The Balaban J connectivity index is 1.41. The monoisotopic (exact) mass is 484 g/mol. The number of nitrogens with zero attached hydrogens (tertiary/aromatic N) is 3. The van der Waals surface area contributed by atoms with Crippen LogP contribution in [0, 0.1) is 6.92 Å². The van der Waals surface area contributed by atoms with Crippen LogP contribution < -0.4 is 5.32 Å². The third-order valence-electron chi connectivity index (χ3n) is 6.85. The lowest BCUT2D eigenvalue weighted by Crippen LogP contribution is -2.43. The van der Waals surface area contributed by atoms with Crippen LogP contribution in [0.25, 0.3) is 0 Å².